The molecule has 0 saturated heterocycles. The Morgan fingerprint density at radius 2 is 1.85 bits per heavy atom. The van der Waals surface area contributed by atoms with Crippen LogP contribution in [0.5, 0.6) is 5.75 Å². The molecule has 1 N–H and O–H groups in total. The number of halogens is 2. The van der Waals surface area contributed by atoms with Crippen LogP contribution in [0, 0.1) is 0 Å². The van der Waals surface area contributed by atoms with Gasteiger partial charge in [0.05, 0.1) is 18.6 Å². The maximum Gasteiger partial charge on any atom is 0.387 e. The maximum absolute atomic E-state index is 12.2. The van der Waals surface area contributed by atoms with E-state index < -0.39 is 6.61 Å². The molecule has 1 aromatic carbocycles. The summed E-state index contributed by atoms with van der Waals surface area (Å²) in [5.74, 6) is 0.981. The van der Waals surface area contributed by atoms with Gasteiger partial charge in [-0.2, -0.15) is 13.8 Å². The Kier molecular flexibility index (Phi) is 3.93. The third-order valence-electron chi connectivity index (χ3n) is 3.66. The highest BCUT2D eigenvalue weighted by Gasteiger charge is 2.43. The summed E-state index contributed by atoms with van der Waals surface area (Å²) in [7, 11) is 0. The molecule has 10 heteroatoms. The van der Waals surface area contributed by atoms with Crippen LogP contribution in [0.4, 0.5) is 20.2 Å². The van der Waals surface area contributed by atoms with E-state index in [0.717, 1.165) is 0 Å². The summed E-state index contributed by atoms with van der Waals surface area (Å²) in [4.78, 5) is 16.6. The first kappa shape index (κ1) is 16.0. The monoisotopic (exact) mass is 356 g/mol. The number of ether oxygens (including phenoxy) is 1. The minimum absolute atomic E-state index is 0.0424. The van der Waals surface area contributed by atoms with Gasteiger partial charge in [0.2, 0.25) is 5.69 Å². The lowest BCUT2D eigenvalue weighted by Gasteiger charge is -2.22. The molecule has 8 nitrogen and oxygen atoms in total. The maximum atomic E-state index is 12.2. The normalized spacial score (nSPS) is 20.6. The predicted octanol–water partition coefficient (Wildman–Crippen LogP) is 2.74. The van der Waals surface area contributed by atoms with E-state index >= 15 is 0 Å². The fourth-order valence-corrected chi connectivity index (χ4v) is 2.52. The highest BCUT2D eigenvalue weighted by Crippen LogP contribution is 2.29. The number of alkyl halides is 2. The van der Waals surface area contributed by atoms with Crippen molar-refractivity contribution in [1.29, 1.82) is 0 Å². The van der Waals surface area contributed by atoms with Crippen LogP contribution in [-0.4, -0.2) is 34.6 Å². The second-order valence-corrected chi connectivity index (χ2v) is 5.28. The third-order valence-corrected chi connectivity index (χ3v) is 3.66. The van der Waals surface area contributed by atoms with Crippen LogP contribution in [0.1, 0.15) is 0 Å². The lowest BCUT2D eigenvalue weighted by molar-refractivity contribution is -0.0498. The summed E-state index contributed by atoms with van der Waals surface area (Å²) in [5, 5.41) is 7.65. The molecular formula is C16H12F2N7O+. The highest BCUT2D eigenvalue weighted by molar-refractivity contribution is 6.38. The molecule has 0 amide bonds. The summed E-state index contributed by atoms with van der Waals surface area (Å²) >= 11 is 0. The molecule has 3 heterocycles. The molecule has 0 bridgehead atoms. The number of benzene rings is 1. The number of nitrogens with zero attached hydrogens (tertiary/aromatic N) is 6. The molecule has 26 heavy (non-hydrogen) atoms. The number of amidine groups is 1. The molecule has 130 valence electrons. The van der Waals surface area contributed by atoms with Crippen LogP contribution in [0.3, 0.4) is 0 Å². The summed E-state index contributed by atoms with van der Waals surface area (Å²) in [6, 6.07) is 6.05. The molecule has 0 radical (unpaired) electrons. The summed E-state index contributed by atoms with van der Waals surface area (Å²) in [5.41, 5.74) is 1.32. The molecular weight excluding hydrogens is 344 g/mol. The van der Waals surface area contributed by atoms with Gasteiger partial charge in [-0.05, 0) is 29.4 Å². The van der Waals surface area contributed by atoms with Gasteiger partial charge in [-0.15, -0.1) is 0 Å². The number of anilines is 1. The van der Waals surface area contributed by atoms with Crippen molar-refractivity contribution >= 4 is 29.4 Å². The first-order valence-electron chi connectivity index (χ1n) is 7.52. The van der Waals surface area contributed by atoms with Crippen LogP contribution in [0.25, 0.3) is 0 Å². The largest absolute Gasteiger partial charge is 0.435 e. The molecule has 4 rings (SSSR count). The fraction of sp³-hybridized carbons (Fsp3) is 0.0625. The SMILES string of the molecule is FC(F)Oc1ccc(NC2=N[N+]3(c4cncnc4)C=CN=CC3=N2)cc1. The van der Waals surface area contributed by atoms with Gasteiger partial charge in [0.1, 0.15) is 18.3 Å². The average molecular weight is 356 g/mol. The molecule has 2 aromatic rings. The third kappa shape index (κ3) is 2.93. The van der Waals surface area contributed by atoms with Gasteiger partial charge < -0.3 is 10.1 Å². The van der Waals surface area contributed by atoms with E-state index in [1.54, 1.807) is 43.1 Å². The van der Waals surface area contributed by atoms with Crippen molar-refractivity contribution in [2.75, 3.05) is 5.32 Å². The second kappa shape index (κ2) is 6.41. The number of hydrogen-bond acceptors (Lipinski definition) is 7. The Hall–Kier alpha value is -3.53. The number of quaternary nitrogens is 1. The molecule has 0 spiro atoms. The summed E-state index contributed by atoms with van der Waals surface area (Å²) in [6.45, 7) is -2.86. The Morgan fingerprint density at radius 3 is 2.58 bits per heavy atom. The molecule has 1 aromatic heterocycles. The fourth-order valence-electron chi connectivity index (χ4n) is 2.52. The summed E-state index contributed by atoms with van der Waals surface area (Å²) in [6.07, 6.45) is 9.71. The van der Waals surface area contributed by atoms with Crippen LogP contribution >= 0.6 is 0 Å². The first-order valence-corrected chi connectivity index (χ1v) is 7.52. The molecule has 2 aliphatic rings. The van der Waals surface area contributed by atoms with Gasteiger partial charge in [0.15, 0.2) is 6.20 Å². The highest BCUT2D eigenvalue weighted by atomic mass is 19.3. The number of hydrogen-bond donors (Lipinski definition) is 1. The number of aliphatic imine (C=N–C) groups is 2. The van der Waals surface area contributed by atoms with E-state index in [9.17, 15) is 8.78 Å². The van der Waals surface area contributed by atoms with E-state index in [-0.39, 0.29) is 10.3 Å². The first-order chi connectivity index (χ1) is 12.7. The van der Waals surface area contributed by atoms with E-state index in [0.29, 0.717) is 23.2 Å². The zero-order valence-electron chi connectivity index (χ0n) is 13.2. The molecule has 0 saturated carbocycles. The minimum Gasteiger partial charge on any atom is -0.435 e. The smallest absolute Gasteiger partial charge is 0.387 e. The van der Waals surface area contributed by atoms with Crippen molar-refractivity contribution < 1.29 is 13.5 Å². The summed E-state index contributed by atoms with van der Waals surface area (Å²) < 4.78 is 28.7. The van der Waals surface area contributed by atoms with Crippen molar-refractivity contribution in [1.82, 2.24) is 14.6 Å². The molecule has 2 aliphatic heterocycles. The standard InChI is InChI=1S/C16H12F2N7O/c17-15(18)26-13-3-1-11(2-4-13)22-16-23-14-9-19-5-6-25(14,24-16)12-7-20-10-21-8-12/h1-10,15H,(H,22,24)/q+1. The van der Waals surface area contributed by atoms with Gasteiger partial charge in [0.25, 0.3) is 11.8 Å². The van der Waals surface area contributed by atoms with Crippen molar-refractivity contribution in [2.45, 2.75) is 6.61 Å². The minimum atomic E-state index is -2.86. The zero-order chi connectivity index (χ0) is 18.0. The van der Waals surface area contributed by atoms with E-state index in [1.165, 1.54) is 18.5 Å². The van der Waals surface area contributed by atoms with E-state index in [1.807, 2.05) is 0 Å². The molecule has 0 aliphatic carbocycles. The topological polar surface area (TPSA) is 84.1 Å². The van der Waals surface area contributed by atoms with Gasteiger partial charge in [0, 0.05) is 5.69 Å². The number of nitrogens with one attached hydrogen (secondary N) is 1. The number of fused-ring (bicyclic) bond motifs is 1. The van der Waals surface area contributed by atoms with E-state index in [2.05, 4.69) is 35.1 Å². The van der Waals surface area contributed by atoms with Crippen LogP contribution < -0.4 is 14.6 Å². The van der Waals surface area contributed by atoms with Gasteiger partial charge in [-0.25, -0.2) is 9.97 Å². The van der Waals surface area contributed by atoms with Gasteiger partial charge in [-0.3, -0.25) is 4.99 Å². The zero-order valence-corrected chi connectivity index (χ0v) is 13.2. The number of rotatable bonds is 4. The Balaban J connectivity index is 1.61. The Labute approximate surface area is 146 Å². The van der Waals surface area contributed by atoms with Crippen molar-refractivity contribution in [3.05, 3.63) is 55.4 Å². The van der Waals surface area contributed by atoms with Crippen molar-refractivity contribution in [3.63, 3.8) is 0 Å². The number of guanidine groups is 1. The van der Waals surface area contributed by atoms with E-state index in [4.69, 9.17) is 0 Å². The molecule has 0 fully saturated rings. The predicted molar refractivity (Wildman–Crippen MR) is 93.0 cm³/mol. The second-order valence-electron chi connectivity index (χ2n) is 5.28. The lowest BCUT2D eigenvalue weighted by Crippen LogP contribution is -2.44. The number of aromatic nitrogens is 2. The van der Waals surface area contributed by atoms with Gasteiger partial charge >= 0.3 is 6.61 Å². The Morgan fingerprint density at radius 1 is 1.08 bits per heavy atom. The van der Waals surface area contributed by atoms with Crippen molar-refractivity contribution in [2.24, 2.45) is 15.1 Å². The van der Waals surface area contributed by atoms with Crippen LogP contribution in [-0.2, 0) is 0 Å². The van der Waals surface area contributed by atoms with Crippen molar-refractivity contribution in [3.8, 4) is 5.75 Å². The average Bonchev–Trinajstić information content (AvgIpc) is 3.03. The van der Waals surface area contributed by atoms with Crippen LogP contribution in [0.15, 0.2) is 70.5 Å². The van der Waals surface area contributed by atoms with Gasteiger partial charge in [-0.1, -0.05) is 4.59 Å². The molecule has 1 unspecified atom stereocenters. The lowest BCUT2D eigenvalue weighted by atomic mass is 10.3. The molecule has 1 atom stereocenters. The Bertz CT molecular complexity index is 925. The quantitative estimate of drug-likeness (QED) is 0.854. The van der Waals surface area contributed by atoms with Crippen LogP contribution in [0.2, 0.25) is 0 Å².